The lowest BCUT2D eigenvalue weighted by molar-refractivity contribution is 0.00778. The van der Waals surface area contributed by atoms with Gasteiger partial charge in [-0.25, -0.2) is 4.79 Å². The van der Waals surface area contributed by atoms with E-state index < -0.39 is 0 Å². The number of hydrogen-bond acceptors (Lipinski definition) is 2. The van der Waals surface area contributed by atoms with Gasteiger partial charge in [0.15, 0.2) is 0 Å². The second-order valence-corrected chi connectivity index (χ2v) is 4.74. The molecule has 1 aromatic carbocycles. The number of carbonyl (C=O) groups excluding carboxylic acids is 1. The summed E-state index contributed by atoms with van der Waals surface area (Å²) in [4.78, 5) is 11.5. The molecule has 1 aromatic rings. The highest BCUT2D eigenvalue weighted by Gasteiger charge is 2.38. The average molecular weight is 190 g/mol. The average Bonchev–Trinajstić information content (AvgIpc) is 2.44. The standard InChI is InChI=1S/C12H14O2/c1-12(2,3)10-8-6-4-5-7-9(8)11(13)14-10/h4-7,10H,1-3H3/t10-/m0/s1. The first-order chi connectivity index (χ1) is 6.50. The molecule has 0 aromatic heterocycles. The summed E-state index contributed by atoms with van der Waals surface area (Å²) in [7, 11) is 0. The minimum absolute atomic E-state index is 0.0394. The molecule has 0 spiro atoms. The Kier molecular flexibility index (Phi) is 1.88. The predicted octanol–water partition coefficient (Wildman–Crippen LogP) is 2.94. The zero-order valence-electron chi connectivity index (χ0n) is 8.70. The third-order valence-electron chi connectivity index (χ3n) is 2.47. The van der Waals surface area contributed by atoms with Gasteiger partial charge in [0, 0.05) is 11.0 Å². The van der Waals surface area contributed by atoms with Crippen molar-refractivity contribution >= 4 is 5.97 Å². The summed E-state index contributed by atoms with van der Waals surface area (Å²) in [5, 5.41) is 0. The minimum atomic E-state index is -0.194. The summed E-state index contributed by atoms with van der Waals surface area (Å²) in [5.41, 5.74) is 1.69. The van der Waals surface area contributed by atoms with Crippen molar-refractivity contribution in [1.82, 2.24) is 0 Å². The Bertz CT molecular complexity index is 374. The first kappa shape index (κ1) is 9.25. The molecule has 0 N–H and O–H groups in total. The fourth-order valence-electron chi connectivity index (χ4n) is 1.79. The van der Waals surface area contributed by atoms with Crippen LogP contribution in [0.3, 0.4) is 0 Å². The molecule has 2 nitrogen and oxygen atoms in total. The van der Waals surface area contributed by atoms with Gasteiger partial charge in [-0.1, -0.05) is 39.0 Å². The number of carbonyl (C=O) groups is 1. The van der Waals surface area contributed by atoms with Crippen LogP contribution in [0.1, 0.15) is 42.8 Å². The maximum atomic E-state index is 11.5. The molecule has 0 saturated heterocycles. The van der Waals surface area contributed by atoms with Crippen LogP contribution in [-0.2, 0) is 4.74 Å². The molecule has 14 heavy (non-hydrogen) atoms. The fraction of sp³-hybridized carbons (Fsp3) is 0.417. The lowest BCUT2D eigenvalue weighted by Gasteiger charge is -2.25. The van der Waals surface area contributed by atoms with Crippen molar-refractivity contribution in [3.8, 4) is 0 Å². The number of cyclic esters (lactones) is 1. The van der Waals surface area contributed by atoms with Crippen LogP contribution in [-0.4, -0.2) is 5.97 Å². The van der Waals surface area contributed by atoms with E-state index in [0.29, 0.717) is 5.56 Å². The highest BCUT2D eigenvalue weighted by atomic mass is 16.5. The Hall–Kier alpha value is -1.31. The molecule has 0 amide bonds. The van der Waals surface area contributed by atoms with Gasteiger partial charge < -0.3 is 4.74 Å². The lowest BCUT2D eigenvalue weighted by atomic mass is 9.84. The van der Waals surface area contributed by atoms with Crippen LogP contribution in [0.2, 0.25) is 0 Å². The zero-order valence-corrected chi connectivity index (χ0v) is 8.70. The summed E-state index contributed by atoms with van der Waals surface area (Å²) >= 11 is 0. The monoisotopic (exact) mass is 190 g/mol. The Morgan fingerprint density at radius 2 is 1.86 bits per heavy atom. The van der Waals surface area contributed by atoms with Crippen LogP contribution >= 0.6 is 0 Å². The van der Waals surface area contributed by atoms with E-state index >= 15 is 0 Å². The molecule has 1 aliphatic heterocycles. The quantitative estimate of drug-likeness (QED) is 0.588. The van der Waals surface area contributed by atoms with Gasteiger partial charge in [-0.05, 0) is 6.07 Å². The second-order valence-electron chi connectivity index (χ2n) is 4.74. The maximum absolute atomic E-state index is 11.5. The molecule has 1 heterocycles. The lowest BCUT2D eigenvalue weighted by Crippen LogP contribution is -2.18. The van der Waals surface area contributed by atoms with E-state index in [2.05, 4.69) is 20.8 Å². The van der Waals surface area contributed by atoms with Crippen LogP contribution in [0.5, 0.6) is 0 Å². The smallest absolute Gasteiger partial charge is 0.339 e. The van der Waals surface area contributed by atoms with Gasteiger partial charge in [0.05, 0.1) is 5.56 Å². The summed E-state index contributed by atoms with van der Waals surface area (Å²) in [5.74, 6) is -0.194. The third-order valence-corrected chi connectivity index (χ3v) is 2.47. The van der Waals surface area contributed by atoms with E-state index in [0.717, 1.165) is 5.56 Å². The molecule has 0 fully saturated rings. The Balaban J connectivity index is 2.50. The highest BCUT2D eigenvalue weighted by Crippen LogP contribution is 2.42. The number of benzene rings is 1. The normalized spacial score (nSPS) is 20.5. The SMILES string of the molecule is CC(C)(C)[C@H]1OC(=O)c2ccccc21. The van der Waals surface area contributed by atoms with Crippen LogP contribution in [0.4, 0.5) is 0 Å². The fourth-order valence-corrected chi connectivity index (χ4v) is 1.79. The van der Waals surface area contributed by atoms with Crippen molar-refractivity contribution in [1.29, 1.82) is 0 Å². The van der Waals surface area contributed by atoms with E-state index in [-0.39, 0.29) is 17.5 Å². The van der Waals surface area contributed by atoms with Gasteiger partial charge in [-0.3, -0.25) is 0 Å². The molecular formula is C12H14O2. The third kappa shape index (κ3) is 1.31. The van der Waals surface area contributed by atoms with Gasteiger partial charge in [0.25, 0.3) is 0 Å². The molecule has 2 rings (SSSR count). The summed E-state index contributed by atoms with van der Waals surface area (Å²) < 4.78 is 5.36. The molecule has 0 aliphatic carbocycles. The summed E-state index contributed by atoms with van der Waals surface area (Å²) in [6.45, 7) is 6.23. The zero-order chi connectivity index (χ0) is 10.3. The molecule has 0 unspecified atom stereocenters. The first-order valence-corrected chi connectivity index (χ1v) is 4.80. The van der Waals surface area contributed by atoms with E-state index in [1.165, 1.54) is 0 Å². The number of esters is 1. The highest BCUT2D eigenvalue weighted by molar-refractivity contribution is 5.94. The minimum Gasteiger partial charge on any atom is -0.453 e. The predicted molar refractivity (Wildman–Crippen MR) is 54.1 cm³/mol. The number of hydrogen-bond donors (Lipinski definition) is 0. The van der Waals surface area contributed by atoms with Crippen molar-refractivity contribution in [3.05, 3.63) is 35.4 Å². The van der Waals surface area contributed by atoms with E-state index in [9.17, 15) is 4.79 Å². The van der Waals surface area contributed by atoms with Crippen molar-refractivity contribution in [2.24, 2.45) is 5.41 Å². The van der Waals surface area contributed by atoms with Crippen molar-refractivity contribution in [2.75, 3.05) is 0 Å². The van der Waals surface area contributed by atoms with Gasteiger partial charge >= 0.3 is 5.97 Å². The van der Waals surface area contributed by atoms with E-state index in [1.54, 1.807) is 0 Å². The summed E-state index contributed by atoms with van der Waals surface area (Å²) in [6.07, 6.45) is -0.105. The molecule has 1 atom stereocenters. The van der Waals surface area contributed by atoms with Crippen LogP contribution in [0.25, 0.3) is 0 Å². The van der Waals surface area contributed by atoms with Crippen LogP contribution in [0, 0.1) is 5.41 Å². The molecule has 74 valence electrons. The summed E-state index contributed by atoms with van der Waals surface area (Å²) in [6, 6.07) is 7.60. The molecular weight excluding hydrogens is 176 g/mol. The van der Waals surface area contributed by atoms with Crippen molar-refractivity contribution in [2.45, 2.75) is 26.9 Å². The van der Waals surface area contributed by atoms with Gasteiger partial charge in [0.1, 0.15) is 6.10 Å². The molecule has 2 heteroatoms. The Morgan fingerprint density at radius 3 is 2.50 bits per heavy atom. The van der Waals surface area contributed by atoms with Crippen molar-refractivity contribution < 1.29 is 9.53 Å². The van der Waals surface area contributed by atoms with E-state index in [4.69, 9.17) is 4.74 Å². The number of rotatable bonds is 0. The van der Waals surface area contributed by atoms with Gasteiger partial charge in [-0.15, -0.1) is 0 Å². The number of fused-ring (bicyclic) bond motifs is 1. The number of ether oxygens (including phenoxy) is 1. The topological polar surface area (TPSA) is 26.3 Å². The molecule has 1 aliphatic rings. The van der Waals surface area contributed by atoms with Gasteiger partial charge in [0.2, 0.25) is 0 Å². The Labute approximate surface area is 83.9 Å². The largest absolute Gasteiger partial charge is 0.453 e. The van der Waals surface area contributed by atoms with Crippen LogP contribution in [0.15, 0.2) is 24.3 Å². The molecule has 0 radical (unpaired) electrons. The van der Waals surface area contributed by atoms with E-state index in [1.807, 2.05) is 24.3 Å². The Morgan fingerprint density at radius 1 is 1.21 bits per heavy atom. The second kappa shape index (κ2) is 2.84. The molecule has 0 saturated carbocycles. The first-order valence-electron chi connectivity index (χ1n) is 4.80. The maximum Gasteiger partial charge on any atom is 0.339 e. The van der Waals surface area contributed by atoms with Crippen molar-refractivity contribution in [3.63, 3.8) is 0 Å². The van der Waals surface area contributed by atoms with Gasteiger partial charge in [-0.2, -0.15) is 0 Å². The molecule has 0 bridgehead atoms. The van der Waals surface area contributed by atoms with Crippen LogP contribution < -0.4 is 0 Å².